The van der Waals surface area contributed by atoms with Gasteiger partial charge in [-0.1, -0.05) is 0 Å². The molecule has 0 amide bonds. The molecule has 1 atom stereocenters. The molecular weight excluding hydrogens is 219 g/mol. The van der Waals surface area contributed by atoms with Crippen molar-refractivity contribution >= 4 is 5.69 Å². The van der Waals surface area contributed by atoms with Gasteiger partial charge in [0.2, 0.25) is 0 Å². The molecule has 0 spiro atoms. The number of aliphatic hydroxyl groups is 1. The minimum atomic E-state index is -0.263. The Bertz CT molecular complexity index is 391. The topological polar surface area (TPSA) is 49.5 Å². The van der Waals surface area contributed by atoms with Crippen LogP contribution in [0.2, 0.25) is 0 Å². The van der Waals surface area contributed by atoms with Crippen LogP contribution in [-0.4, -0.2) is 24.3 Å². The lowest BCUT2D eigenvalue weighted by molar-refractivity contribution is 0.301. The van der Waals surface area contributed by atoms with Crippen molar-refractivity contribution in [3.8, 4) is 0 Å². The van der Waals surface area contributed by atoms with Crippen LogP contribution in [0.25, 0.3) is 0 Å². The summed E-state index contributed by atoms with van der Waals surface area (Å²) >= 11 is 0. The van der Waals surface area contributed by atoms with Crippen LogP contribution in [-0.2, 0) is 0 Å². The summed E-state index contributed by atoms with van der Waals surface area (Å²) in [5.74, 6) is -0.263. The number of rotatable bonds is 5. The molecule has 3 nitrogen and oxygen atoms in total. The largest absolute Gasteiger partial charge is 0.395 e. The highest BCUT2D eigenvalue weighted by Gasteiger charge is 2.30. The SMILES string of the molecule is CC(N)c1cc(F)ccc1N(CCO)C1CC1. The highest BCUT2D eigenvalue weighted by molar-refractivity contribution is 5.56. The second-order valence-corrected chi connectivity index (χ2v) is 4.64. The lowest BCUT2D eigenvalue weighted by Gasteiger charge is -2.27. The number of anilines is 1. The van der Waals surface area contributed by atoms with E-state index in [4.69, 9.17) is 10.8 Å². The Labute approximate surface area is 101 Å². The van der Waals surface area contributed by atoms with E-state index in [-0.39, 0.29) is 18.5 Å². The molecule has 1 aromatic rings. The molecule has 17 heavy (non-hydrogen) atoms. The Morgan fingerprint density at radius 1 is 1.53 bits per heavy atom. The van der Waals surface area contributed by atoms with E-state index in [1.165, 1.54) is 12.1 Å². The van der Waals surface area contributed by atoms with Crippen molar-refractivity contribution in [2.45, 2.75) is 31.8 Å². The van der Waals surface area contributed by atoms with Gasteiger partial charge in [0.1, 0.15) is 5.82 Å². The quantitative estimate of drug-likeness (QED) is 0.822. The minimum absolute atomic E-state index is 0.103. The van der Waals surface area contributed by atoms with Gasteiger partial charge in [0.25, 0.3) is 0 Å². The molecule has 3 N–H and O–H groups in total. The summed E-state index contributed by atoms with van der Waals surface area (Å²) in [6.07, 6.45) is 2.27. The molecule has 1 saturated carbocycles. The van der Waals surface area contributed by atoms with Gasteiger partial charge in [0.05, 0.1) is 6.61 Å². The maximum absolute atomic E-state index is 13.3. The number of halogens is 1. The van der Waals surface area contributed by atoms with Gasteiger partial charge in [-0.15, -0.1) is 0 Å². The average molecular weight is 238 g/mol. The van der Waals surface area contributed by atoms with Crippen molar-refractivity contribution in [3.63, 3.8) is 0 Å². The van der Waals surface area contributed by atoms with Gasteiger partial charge in [0.15, 0.2) is 0 Å². The lowest BCUT2D eigenvalue weighted by Crippen LogP contribution is -2.30. The van der Waals surface area contributed by atoms with Crippen LogP contribution >= 0.6 is 0 Å². The first-order valence-electron chi connectivity index (χ1n) is 6.06. The first-order chi connectivity index (χ1) is 8.13. The molecule has 1 aliphatic carbocycles. The van der Waals surface area contributed by atoms with Crippen molar-refractivity contribution in [2.75, 3.05) is 18.1 Å². The fourth-order valence-corrected chi connectivity index (χ4v) is 2.15. The Balaban J connectivity index is 2.34. The molecule has 4 heteroatoms. The first kappa shape index (κ1) is 12.3. The van der Waals surface area contributed by atoms with Crippen LogP contribution in [0.1, 0.15) is 31.4 Å². The Morgan fingerprint density at radius 3 is 2.76 bits per heavy atom. The van der Waals surface area contributed by atoms with Gasteiger partial charge in [-0.25, -0.2) is 4.39 Å². The number of hydrogen-bond donors (Lipinski definition) is 2. The summed E-state index contributed by atoms with van der Waals surface area (Å²) in [6.45, 7) is 2.53. The number of nitrogens with two attached hydrogens (primary N) is 1. The maximum Gasteiger partial charge on any atom is 0.123 e. The van der Waals surface area contributed by atoms with E-state index in [2.05, 4.69) is 4.90 Å². The third-order valence-electron chi connectivity index (χ3n) is 3.12. The van der Waals surface area contributed by atoms with Gasteiger partial charge >= 0.3 is 0 Å². The first-order valence-corrected chi connectivity index (χ1v) is 6.06. The molecule has 1 unspecified atom stereocenters. The molecule has 0 saturated heterocycles. The average Bonchev–Trinajstić information content (AvgIpc) is 3.10. The predicted molar refractivity (Wildman–Crippen MR) is 66.5 cm³/mol. The molecule has 0 bridgehead atoms. The zero-order valence-corrected chi connectivity index (χ0v) is 10.1. The molecule has 2 rings (SSSR count). The number of benzene rings is 1. The highest BCUT2D eigenvalue weighted by atomic mass is 19.1. The Kier molecular flexibility index (Phi) is 3.64. The monoisotopic (exact) mass is 238 g/mol. The third kappa shape index (κ3) is 2.76. The van der Waals surface area contributed by atoms with Crippen molar-refractivity contribution in [3.05, 3.63) is 29.6 Å². The van der Waals surface area contributed by atoms with Crippen LogP contribution in [0.3, 0.4) is 0 Å². The molecule has 1 aromatic carbocycles. The van der Waals surface area contributed by atoms with E-state index in [9.17, 15) is 4.39 Å². The molecule has 0 heterocycles. The minimum Gasteiger partial charge on any atom is -0.395 e. The summed E-state index contributed by atoms with van der Waals surface area (Å²) in [5, 5.41) is 9.11. The van der Waals surface area contributed by atoms with Gasteiger partial charge < -0.3 is 15.7 Å². The molecule has 94 valence electrons. The van der Waals surface area contributed by atoms with Gasteiger partial charge in [0, 0.05) is 24.3 Å². The van der Waals surface area contributed by atoms with Crippen molar-refractivity contribution in [2.24, 2.45) is 5.73 Å². The van der Waals surface area contributed by atoms with E-state index >= 15 is 0 Å². The second-order valence-electron chi connectivity index (χ2n) is 4.64. The molecule has 1 aliphatic rings. The maximum atomic E-state index is 13.3. The third-order valence-corrected chi connectivity index (χ3v) is 3.12. The summed E-state index contributed by atoms with van der Waals surface area (Å²) in [6, 6.07) is 4.98. The van der Waals surface area contributed by atoms with Crippen LogP contribution in [0.4, 0.5) is 10.1 Å². The zero-order chi connectivity index (χ0) is 12.4. The zero-order valence-electron chi connectivity index (χ0n) is 10.1. The molecule has 0 aromatic heterocycles. The summed E-state index contributed by atoms with van der Waals surface area (Å²) < 4.78 is 13.3. The second kappa shape index (κ2) is 5.02. The summed E-state index contributed by atoms with van der Waals surface area (Å²) in [7, 11) is 0. The summed E-state index contributed by atoms with van der Waals surface area (Å²) in [5.41, 5.74) is 7.65. The van der Waals surface area contributed by atoms with E-state index in [0.717, 1.165) is 24.1 Å². The van der Waals surface area contributed by atoms with Gasteiger partial charge in [-0.05, 0) is 43.5 Å². The van der Waals surface area contributed by atoms with Gasteiger partial charge in [-0.3, -0.25) is 0 Å². The van der Waals surface area contributed by atoms with Crippen LogP contribution in [0, 0.1) is 5.82 Å². The fourth-order valence-electron chi connectivity index (χ4n) is 2.15. The van der Waals surface area contributed by atoms with E-state index in [1.54, 1.807) is 6.07 Å². The Morgan fingerprint density at radius 2 is 2.24 bits per heavy atom. The van der Waals surface area contributed by atoms with E-state index in [0.29, 0.717) is 12.6 Å². The molecule has 0 aliphatic heterocycles. The molecular formula is C13H19FN2O. The number of nitrogens with zero attached hydrogens (tertiary/aromatic N) is 1. The lowest BCUT2D eigenvalue weighted by atomic mass is 10.1. The van der Waals surface area contributed by atoms with Crippen molar-refractivity contribution < 1.29 is 9.50 Å². The summed E-state index contributed by atoms with van der Waals surface area (Å²) in [4.78, 5) is 2.14. The number of hydrogen-bond acceptors (Lipinski definition) is 3. The van der Waals surface area contributed by atoms with Crippen molar-refractivity contribution in [1.82, 2.24) is 0 Å². The standard InChI is InChI=1S/C13H19FN2O/c1-9(15)12-8-10(14)2-5-13(12)16(6-7-17)11-3-4-11/h2,5,8-9,11,17H,3-4,6-7,15H2,1H3. The van der Waals surface area contributed by atoms with Crippen LogP contribution in [0.15, 0.2) is 18.2 Å². The normalized spacial score (nSPS) is 16.9. The van der Waals surface area contributed by atoms with E-state index < -0.39 is 0 Å². The molecule has 1 fully saturated rings. The van der Waals surface area contributed by atoms with Crippen molar-refractivity contribution in [1.29, 1.82) is 0 Å². The van der Waals surface area contributed by atoms with Crippen LogP contribution in [0.5, 0.6) is 0 Å². The van der Waals surface area contributed by atoms with Gasteiger partial charge in [-0.2, -0.15) is 0 Å². The highest BCUT2D eigenvalue weighted by Crippen LogP contribution is 2.35. The molecule has 0 radical (unpaired) electrons. The fraction of sp³-hybridized carbons (Fsp3) is 0.538. The Hall–Kier alpha value is -1.13. The predicted octanol–water partition coefficient (Wildman–Crippen LogP) is 1.81. The smallest absolute Gasteiger partial charge is 0.123 e. The van der Waals surface area contributed by atoms with Crippen LogP contribution < -0.4 is 10.6 Å². The van der Waals surface area contributed by atoms with E-state index in [1.807, 2.05) is 6.92 Å². The number of aliphatic hydroxyl groups excluding tert-OH is 1.